The van der Waals surface area contributed by atoms with Gasteiger partial charge in [-0.05, 0) is 36.5 Å². The zero-order valence-electron chi connectivity index (χ0n) is 12.0. The van der Waals surface area contributed by atoms with Crippen molar-refractivity contribution in [2.24, 2.45) is 0 Å². The second-order valence-electron chi connectivity index (χ2n) is 5.28. The summed E-state index contributed by atoms with van der Waals surface area (Å²) in [5, 5.41) is 0.973. The Hall–Kier alpha value is -0.570. The van der Waals surface area contributed by atoms with Gasteiger partial charge < -0.3 is 4.74 Å². The topological polar surface area (TPSA) is 12.5 Å². The van der Waals surface area contributed by atoms with Gasteiger partial charge in [-0.25, -0.2) is 0 Å². The van der Waals surface area contributed by atoms with E-state index in [0.717, 1.165) is 57.1 Å². The molecule has 0 atom stereocenters. The fourth-order valence-corrected chi connectivity index (χ4v) is 2.90. The molecule has 0 unspecified atom stereocenters. The number of rotatable bonds is 5. The Morgan fingerprint density at radius 3 is 2.53 bits per heavy atom. The predicted molar refractivity (Wildman–Crippen MR) is 81.1 cm³/mol. The molecular weight excluding hydrogens is 258 g/mol. The molecule has 1 aromatic carbocycles. The van der Waals surface area contributed by atoms with Gasteiger partial charge in [-0.1, -0.05) is 37.1 Å². The molecule has 1 fully saturated rings. The number of hydrogen-bond donors (Lipinski definition) is 0. The minimum absolute atomic E-state index is 0.870. The van der Waals surface area contributed by atoms with Crippen molar-refractivity contribution in [3.8, 4) is 0 Å². The third-order valence-corrected chi connectivity index (χ3v) is 4.43. The summed E-state index contributed by atoms with van der Waals surface area (Å²) in [7, 11) is 0. The summed E-state index contributed by atoms with van der Waals surface area (Å²) in [6.45, 7) is 9.30. The molecule has 0 N–H and O–H groups in total. The van der Waals surface area contributed by atoms with Crippen molar-refractivity contribution in [3.63, 3.8) is 0 Å². The number of hydrogen-bond acceptors (Lipinski definition) is 2. The summed E-state index contributed by atoms with van der Waals surface area (Å²) in [6, 6.07) is 4.46. The van der Waals surface area contributed by atoms with Crippen molar-refractivity contribution in [2.75, 3.05) is 32.8 Å². The van der Waals surface area contributed by atoms with Crippen LogP contribution in [-0.2, 0) is 17.6 Å². The lowest BCUT2D eigenvalue weighted by Gasteiger charge is -2.26. The summed E-state index contributed by atoms with van der Waals surface area (Å²) < 4.78 is 5.37. The molecule has 0 radical (unpaired) electrons. The molecule has 0 bridgehead atoms. The van der Waals surface area contributed by atoms with Crippen molar-refractivity contribution in [3.05, 3.63) is 33.8 Å². The highest BCUT2D eigenvalue weighted by Crippen LogP contribution is 2.25. The van der Waals surface area contributed by atoms with Crippen LogP contribution in [0, 0.1) is 6.92 Å². The minimum Gasteiger partial charge on any atom is -0.379 e. The fraction of sp³-hybridized carbons (Fsp3) is 0.625. The van der Waals surface area contributed by atoms with Gasteiger partial charge in [0.1, 0.15) is 0 Å². The van der Waals surface area contributed by atoms with Crippen molar-refractivity contribution in [2.45, 2.75) is 33.1 Å². The fourth-order valence-electron chi connectivity index (χ4n) is 2.62. The van der Waals surface area contributed by atoms with Crippen LogP contribution < -0.4 is 0 Å². The van der Waals surface area contributed by atoms with Gasteiger partial charge >= 0.3 is 0 Å². The third-order valence-electron chi connectivity index (χ3n) is 3.90. The molecule has 19 heavy (non-hydrogen) atoms. The van der Waals surface area contributed by atoms with Crippen molar-refractivity contribution in [1.82, 2.24) is 4.90 Å². The van der Waals surface area contributed by atoms with Crippen molar-refractivity contribution in [1.29, 1.82) is 0 Å². The number of aryl methyl sites for hydroxylation is 1. The Bertz CT molecular complexity index is 413. The predicted octanol–water partition coefficient (Wildman–Crippen LogP) is 3.48. The van der Waals surface area contributed by atoms with E-state index in [0.29, 0.717) is 0 Å². The van der Waals surface area contributed by atoms with Gasteiger partial charge in [0, 0.05) is 24.7 Å². The molecule has 1 heterocycles. The second kappa shape index (κ2) is 7.28. The molecule has 0 spiro atoms. The van der Waals surface area contributed by atoms with E-state index in [1.54, 1.807) is 0 Å². The average molecular weight is 282 g/mol. The SMILES string of the molecule is CCCc1ccc(CCN2CCOCC2)c(C)c1Cl. The highest BCUT2D eigenvalue weighted by atomic mass is 35.5. The number of ether oxygens (including phenoxy) is 1. The van der Waals surface area contributed by atoms with Gasteiger partial charge in [0.25, 0.3) is 0 Å². The molecule has 1 aliphatic heterocycles. The first-order valence-electron chi connectivity index (χ1n) is 7.29. The standard InChI is InChI=1S/C16H24ClNO/c1-3-4-15-6-5-14(13(2)16(15)17)7-8-18-9-11-19-12-10-18/h5-6H,3-4,7-12H2,1-2H3. The molecule has 1 aromatic rings. The highest BCUT2D eigenvalue weighted by molar-refractivity contribution is 6.32. The van der Waals surface area contributed by atoms with Crippen molar-refractivity contribution < 1.29 is 4.74 Å². The Balaban J connectivity index is 1.98. The lowest BCUT2D eigenvalue weighted by atomic mass is 10.00. The van der Waals surface area contributed by atoms with Crippen LogP contribution in [0.1, 0.15) is 30.0 Å². The van der Waals surface area contributed by atoms with E-state index >= 15 is 0 Å². The molecule has 0 saturated carbocycles. The number of nitrogens with zero attached hydrogens (tertiary/aromatic N) is 1. The van der Waals surface area contributed by atoms with Crippen LogP contribution in [0.3, 0.4) is 0 Å². The largest absolute Gasteiger partial charge is 0.379 e. The van der Waals surface area contributed by atoms with E-state index in [1.807, 2.05) is 0 Å². The minimum atomic E-state index is 0.870. The maximum atomic E-state index is 6.47. The smallest absolute Gasteiger partial charge is 0.0594 e. The van der Waals surface area contributed by atoms with Crippen LogP contribution in [0.25, 0.3) is 0 Å². The van der Waals surface area contributed by atoms with Crippen LogP contribution in [-0.4, -0.2) is 37.7 Å². The van der Waals surface area contributed by atoms with Gasteiger partial charge in [0.2, 0.25) is 0 Å². The molecule has 1 aliphatic rings. The van der Waals surface area contributed by atoms with Gasteiger partial charge in [0.05, 0.1) is 13.2 Å². The molecular formula is C16H24ClNO. The second-order valence-corrected chi connectivity index (χ2v) is 5.65. The molecule has 3 heteroatoms. The zero-order valence-corrected chi connectivity index (χ0v) is 12.8. The summed E-state index contributed by atoms with van der Waals surface area (Å²) in [6.07, 6.45) is 3.30. The van der Waals surface area contributed by atoms with Gasteiger partial charge in [0.15, 0.2) is 0 Å². The van der Waals surface area contributed by atoms with Crippen LogP contribution in [0.2, 0.25) is 5.02 Å². The lowest BCUT2D eigenvalue weighted by Crippen LogP contribution is -2.37. The lowest BCUT2D eigenvalue weighted by molar-refractivity contribution is 0.0384. The first kappa shape index (κ1) is 14.8. The van der Waals surface area contributed by atoms with Crippen LogP contribution in [0.15, 0.2) is 12.1 Å². The highest BCUT2D eigenvalue weighted by Gasteiger charge is 2.12. The number of halogens is 1. The Morgan fingerprint density at radius 2 is 1.84 bits per heavy atom. The van der Waals surface area contributed by atoms with Crippen LogP contribution >= 0.6 is 11.6 Å². The molecule has 0 aromatic heterocycles. The van der Waals surface area contributed by atoms with Gasteiger partial charge in [-0.3, -0.25) is 4.90 Å². The average Bonchev–Trinajstić information content (AvgIpc) is 2.44. The Morgan fingerprint density at radius 1 is 1.16 bits per heavy atom. The first-order chi connectivity index (χ1) is 9.22. The number of morpholine rings is 1. The summed E-state index contributed by atoms with van der Waals surface area (Å²) >= 11 is 6.47. The van der Waals surface area contributed by atoms with Crippen LogP contribution in [0.4, 0.5) is 0 Å². The number of benzene rings is 1. The quantitative estimate of drug-likeness (QED) is 0.819. The Kier molecular flexibility index (Phi) is 5.68. The molecule has 2 rings (SSSR count). The van der Waals surface area contributed by atoms with E-state index in [1.165, 1.54) is 16.7 Å². The monoisotopic (exact) mass is 281 g/mol. The normalized spacial score (nSPS) is 16.8. The first-order valence-corrected chi connectivity index (χ1v) is 7.67. The van der Waals surface area contributed by atoms with E-state index in [9.17, 15) is 0 Å². The third kappa shape index (κ3) is 3.95. The van der Waals surface area contributed by atoms with Crippen molar-refractivity contribution >= 4 is 11.6 Å². The molecule has 2 nitrogen and oxygen atoms in total. The zero-order chi connectivity index (χ0) is 13.7. The maximum absolute atomic E-state index is 6.47. The Labute approximate surface area is 121 Å². The summed E-state index contributed by atoms with van der Waals surface area (Å²) in [5.74, 6) is 0. The summed E-state index contributed by atoms with van der Waals surface area (Å²) in [4.78, 5) is 2.47. The van der Waals surface area contributed by atoms with E-state index in [-0.39, 0.29) is 0 Å². The van der Waals surface area contributed by atoms with Gasteiger partial charge in [-0.2, -0.15) is 0 Å². The maximum Gasteiger partial charge on any atom is 0.0594 e. The molecule has 1 saturated heterocycles. The van der Waals surface area contributed by atoms with E-state index in [4.69, 9.17) is 16.3 Å². The van der Waals surface area contributed by atoms with Gasteiger partial charge in [-0.15, -0.1) is 0 Å². The van der Waals surface area contributed by atoms with Crippen LogP contribution in [0.5, 0.6) is 0 Å². The van der Waals surface area contributed by atoms with E-state index in [2.05, 4.69) is 30.9 Å². The molecule has 106 valence electrons. The summed E-state index contributed by atoms with van der Waals surface area (Å²) in [5.41, 5.74) is 3.94. The molecule has 0 aliphatic carbocycles. The molecule has 0 amide bonds. The van der Waals surface area contributed by atoms with E-state index < -0.39 is 0 Å².